The fraction of sp³-hybridized carbons (Fsp3) is 0.409. The van der Waals surface area contributed by atoms with Crippen LogP contribution in [0.15, 0.2) is 29.3 Å². The van der Waals surface area contributed by atoms with Gasteiger partial charge in [0.2, 0.25) is 11.8 Å². The van der Waals surface area contributed by atoms with Gasteiger partial charge in [0.15, 0.2) is 0 Å². The van der Waals surface area contributed by atoms with Gasteiger partial charge in [-0.15, -0.1) is 11.8 Å². The molecule has 1 aliphatic rings. The molecule has 1 aromatic carbocycles. The minimum Gasteiger partial charge on any atom is -0.438 e. The molecular weight excluding hydrogens is 405 g/mol. The summed E-state index contributed by atoms with van der Waals surface area (Å²) < 4.78 is 19.7. The van der Waals surface area contributed by atoms with E-state index in [1.54, 1.807) is 16.7 Å². The maximum absolute atomic E-state index is 13.8. The van der Waals surface area contributed by atoms with E-state index in [0.29, 0.717) is 31.7 Å². The third kappa shape index (κ3) is 5.11. The number of likely N-dealkylation sites (tertiary alicyclic amines) is 1. The molecule has 8 heteroatoms. The summed E-state index contributed by atoms with van der Waals surface area (Å²) in [4.78, 5) is 31.2. The number of rotatable bonds is 5. The molecule has 2 heterocycles. The highest BCUT2D eigenvalue weighted by molar-refractivity contribution is 7.98. The number of aryl methyl sites for hydroxylation is 2. The molecule has 30 heavy (non-hydrogen) atoms. The van der Waals surface area contributed by atoms with Gasteiger partial charge >= 0.3 is 0 Å². The number of aromatic nitrogens is 1. The van der Waals surface area contributed by atoms with Crippen LogP contribution in [0.3, 0.4) is 0 Å². The quantitative estimate of drug-likeness (QED) is 0.722. The van der Waals surface area contributed by atoms with Gasteiger partial charge in [0.1, 0.15) is 17.1 Å². The fourth-order valence-electron chi connectivity index (χ4n) is 3.68. The molecule has 0 spiro atoms. The van der Waals surface area contributed by atoms with E-state index in [1.165, 1.54) is 11.8 Å². The normalized spacial score (nSPS) is 14.5. The number of halogens is 1. The van der Waals surface area contributed by atoms with Crippen LogP contribution in [0.5, 0.6) is 11.6 Å². The van der Waals surface area contributed by atoms with Gasteiger partial charge in [-0.2, -0.15) is 0 Å². The third-order valence-electron chi connectivity index (χ3n) is 5.19. The highest BCUT2D eigenvalue weighted by atomic mass is 32.2. The number of ether oxygens (including phenoxy) is 1. The lowest BCUT2D eigenvalue weighted by atomic mass is 10.0. The number of nitrogens with one attached hydrogen (secondary N) is 1. The zero-order chi connectivity index (χ0) is 21.8. The van der Waals surface area contributed by atoms with Gasteiger partial charge in [-0.3, -0.25) is 9.59 Å². The van der Waals surface area contributed by atoms with E-state index in [9.17, 15) is 14.0 Å². The number of benzene rings is 1. The van der Waals surface area contributed by atoms with Crippen molar-refractivity contribution in [3.8, 4) is 11.6 Å². The van der Waals surface area contributed by atoms with Crippen LogP contribution in [0.2, 0.25) is 0 Å². The van der Waals surface area contributed by atoms with E-state index in [1.807, 2.05) is 32.2 Å². The number of carbonyl (C=O) groups is 2. The fourth-order valence-corrected chi connectivity index (χ4v) is 4.44. The van der Waals surface area contributed by atoms with E-state index >= 15 is 0 Å². The number of amides is 2. The summed E-state index contributed by atoms with van der Waals surface area (Å²) in [6.45, 7) is 6.70. The largest absolute Gasteiger partial charge is 0.438 e. The van der Waals surface area contributed by atoms with Crippen molar-refractivity contribution in [1.29, 1.82) is 0 Å². The van der Waals surface area contributed by atoms with Gasteiger partial charge in [-0.1, -0.05) is 0 Å². The molecule has 0 atom stereocenters. The summed E-state index contributed by atoms with van der Waals surface area (Å²) in [6, 6.07) is 4.80. The zero-order valence-electron chi connectivity index (χ0n) is 17.6. The number of nitrogens with zero attached hydrogens (tertiary/aromatic N) is 2. The van der Waals surface area contributed by atoms with E-state index in [0.717, 1.165) is 23.4 Å². The minimum atomic E-state index is -0.607. The molecule has 160 valence electrons. The second-order valence-corrected chi connectivity index (χ2v) is 8.27. The predicted molar refractivity (Wildman–Crippen MR) is 115 cm³/mol. The molecule has 0 bridgehead atoms. The van der Waals surface area contributed by atoms with Gasteiger partial charge in [-0.05, 0) is 62.3 Å². The molecule has 3 rings (SSSR count). The van der Waals surface area contributed by atoms with Crippen molar-refractivity contribution < 1.29 is 18.7 Å². The Morgan fingerprint density at radius 3 is 2.40 bits per heavy atom. The summed E-state index contributed by atoms with van der Waals surface area (Å²) in [5, 5.41) is 2.92. The molecular formula is C22H26FN3O3S. The van der Waals surface area contributed by atoms with Crippen LogP contribution >= 0.6 is 11.8 Å². The van der Waals surface area contributed by atoms with Crippen LogP contribution < -0.4 is 10.1 Å². The summed E-state index contributed by atoms with van der Waals surface area (Å²) in [5.41, 5.74) is 2.17. The highest BCUT2D eigenvalue weighted by Crippen LogP contribution is 2.31. The van der Waals surface area contributed by atoms with Gasteiger partial charge in [-0.25, -0.2) is 9.37 Å². The number of hydrogen-bond acceptors (Lipinski definition) is 5. The molecule has 0 aliphatic carbocycles. The molecule has 1 aliphatic heterocycles. The lowest BCUT2D eigenvalue weighted by molar-refractivity contribution is -0.129. The number of thioether (sulfide) groups is 1. The average molecular weight is 432 g/mol. The third-order valence-corrected chi connectivity index (χ3v) is 6.24. The first-order valence-corrected chi connectivity index (χ1v) is 11.1. The van der Waals surface area contributed by atoms with E-state index in [-0.39, 0.29) is 23.4 Å². The molecule has 6 nitrogen and oxygen atoms in total. The van der Waals surface area contributed by atoms with Crippen molar-refractivity contribution in [1.82, 2.24) is 15.2 Å². The Labute approximate surface area is 180 Å². The second-order valence-electron chi connectivity index (χ2n) is 7.45. The lowest BCUT2D eigenvalue weighted by Gasteiger charge is -2.31. The molecule has 2 amide bonds. The van der Waals surface area contributed by atoms with E-state index < -0.39 is 11.7 Å². The second kappa shape index (κ2) is 9.47. The topological polar surface area (TPSA) is 71.5 Å². The minimum absolute atomic E-state index is 0.0304. The molecule has 0 radical (unpaired) electrons. The number of piperidine rings is 1. The van der Waals surface area contributed by atoms with Crippen LogP contribution in [-0.2, 0) is 4.79 Å². The van der Waals surface area contributed by atoms with Crippen LogP contribution in [0, 0.1) is 19.7 Å². The van der Waals surface area contributed by atoms with Crippen LogP contribution in [-0.4, -0.2) is 47.1 Å². The van der Waals surface area contributed by atoms with E-state index in [4.69, 9.17) is 4.74 Å². The summed E-state index contributed by atoms with van der Waals surface area (Å²) >= 11 is 1.66. The Balaban J connectivity index is 1.77. The number of hydrogen-bond donors (Lipinski definition) is 1. The first-order chi connectivity index (χ1) is 14.3. The van der Waals surface area contributed by atoms with Crippen LogP contribution in [0.4, 0.5) is 4.39 Å². The van der Waals surface area contributed by atoms with Gasteiger partial charge in [0, 0.05) is 31.0 Å². The Hall–Kier alpha value is -2.61. The monoisotopic (exact) mass is 431 g/mol. The van der Waals surface area contributed by atoms with Crippen LogP contribution in [0.1, 0.15) is 41.3 Å². The van der Waals surface area contributed by atoms with Gasteiger partial charge in [0.25, 0.3) is 5.91 Å². The van der Waals surface area contributed by atoms with Crippen molar-refractivity contribution in [2.45, 2.75) is 44.6 Å². The van der Waals surface area contributed by atoms with Gasteiger partial charge < -0.3 is 15.0 Å². The standard InChI is InChI=1S/C22H26FN3O3S/c1-13-9-18(10-14(2)20(13)30-4)29-22-19(11-16(23)12-24-22)21(28)25-17-5-7-26(8-6-17)15(3)27/h9-12,17H,5-8H2,1-4H3,(H,25,28). The van der Waals surface area contributed by atoms with Crippen molar-refractivity contribution in [3.05, 3.63) is 46.9 Å². The Morgan fingerprint density at radius 1 is 1.20 bits per heavy atom. The maximum atomic E-state index is 13.8. The van der Waals surface area contributed by atoms with Crippen molar-refractivity contribution in [2.75, 3.05) is 19.3 Å². The molecule has 0 saturated carbocycles. The van der Waals surface area contributed by atoms with Crippen LogP contribution in [0.25, 0.3) is 0 Å². The predicted octanol–water partition coefficient (Wildman–Crippen LogP) is 4.09. The molecule has 2 aromatic rings. The Bertz CT molecular complexity index is 936. The highest BCUT2D eigenvalue weighted by Gasteiger charge is 2.24. The molecule has 1 saturated heterocycles. The Morgan fingerprint density at radius 2 is 1.83 bits per heavy atom. The smallest absolute Gasteiger partial charge is 0.257 e. The maximum Gasteiger partial charge on any atom is 0.257 e. The van der Waals surface area contributed by atoms with E-state index in [2.05, 4.69) is 10.3 Å². The van der Waals surface area contributed by atoms with Gasteiger partial charge in [0.05, 0.1) is 6.20 Å². The molecule has 1 aromatic heterocycles. The summed E-state index contributed by atoms with van der Waals surface area (Å²) in [5.74, 6) is -0.407. The number of carbonyl (C=O) groups excluding carboxylic acids is 2. The first kappa shape index (κ1) is 22.1. The summed E-state index contributed by atoms with van der Waals surface area (Å²) in [7, 11) is 0. The lowest BCUT2D eigenvalue weighted by Crippen LogP contribution is -2.46. The molecule has 1 fully saturated rings. The van der Waals surface area contributed by atoms with Crippen molar-refractivity contribution in [3.63, 3.8) is 0 Å². The molecule has 1 N–H and O–H groups in total. The first-order valence-electron chi connectivity index (χ1n) is 9.83. The molecule has 0 unspecified atom stereocenters. The summed E-state index contributed by atoms with van der Waals surface area (Å²) in [6.07, 6.45) is 4.35. The Kier molecular flexibility index (Phi) is 6.97. The number of pyridine rings is 1. The SMILES string of the molecule is CSc1c(C)cc(Oc2ncc(F)cc2C(=O)NC2CCN(C(C)=O)CC2)cc1C. The average Bonchev–Trinajstić information content (AvgIpc) is 2.69. The van der Waals surface area contributed by atoms with Crippen molar-refractivity contribution in [2.24, 2.45) is 0 Å². The van der Waals surface area contributed by atoms with Crippen molar-refractivity contribution >= 4 is 23.6 Å². The zero-order valence-corrected chi connectivity index (χ0v) is 18.4.